The van der Waals surface area contributed by atoms with E-state index in [1.54, 1.807) is 25.5 Å². The van der Waals surface area contributed by atoms with Gasteiger partial charge in [0.05, 0.1) is 11.7 Å². The van der Waals surface area contributed by atoms with Crippen LogP contribution < -0.4 is 5.73 Å². The molecule has 1 saturated heterocycles. The minimum atomic E-state index is -1.63. The highest BCUT2D eigenvalue weighted by Crippen LogP contribution is 2.25. The molecule has 1 aliphatic rings. The van der Waals surface area contributed by atoms with Gasteiger partial charge in [-0.25, -0.2) is 9.97 Å². The molecule has 3 heterocycles. The van der Waals surface area contributed by atoms with Crippen LogP contribution >= 0.6 is 0 Å². The first-order valence-electron chi connectivity index (χ1n) is 8.87. The average Bonchev–Trinajstić information content (AvgIpc) is 2.94. The number of rotatable bonds is 1. The van der Waals surface area contributed by atoms with Crippen molar-refractivity contribution < 1.29 is 9.90 Å². The van der Waals surface area contributed by atoms with Gasteiger partial charge in [-0.15, -0.1) is 0 Å². The SMILES string of the molecule is Cc1cncc2nc(-c3cccc(C#C[C@]4(O)CCN(C)C4=O)c3)nc(N)c12. The number of amides is 1. The molecule has 7 nitrogen and oxygen atoms in total. The van der Waals surface area contributed by atoms with Crippen molar-refractivity contribution in [2.45, 2.75) is 18.9 Å². The topological polar surface area (TPSA) is 105 Å². The zero-order chi connectivity index (χ0) is 19.9. The highest BCUT2D eigenvalue weighted by molar-refractivity contribution is 5.92. The largest absolute Gasteiger partial charge is 0.383 e. The third kappa shape index (κ3) is 3.04. The molecule has 0 saturated carbocycles. The number of benzene rings is 1. The molecule has 1 amide bonds. The molecule has 1 atom stereocenters. The summed E-state index contributed by atoms with van der Waals surface area (Å²) in [6, 6.07) is 7.30. The number of nitrogens with zero attached hydrogens (tertiary/aromatic N) is 4. The maximum atomic E-state index is 12.1. The van der Waals surface area contributed by atoms with E-state index in [2.05, 4.69) is 26.8 Å². The lowest BCUT2D eigenvalue weighted by Gasteiger charge is -2.13. The van der Waals surface area contributed by atoms with Crippen LogP contribution in [0.1, 0.15) is 17.5 Å². The lowest BCUT2D eigenvalue weighted by molar-refractivity contribution is -0.137. The number of aliphatic hydroxyl groups is 1. The standard InChI is InChI=1S/C21H19N5O2/c1-13-11-23-12-16-17(13)18(22)25-19(24-16)15-5-3-4-14(10-15)6-7-21(28)8-9-26(2)20(21)27/h3-5,10-12,28H,8-9H2,1-2H3,(H2,22,24,25)/t21-/m0/s1. The summed E-state index contributed by atoms with van der Waals surface area (Å²) >= 11 is 0. The van der Waals surface area contributed by atoms with Crippen LogP contribution in [-0.4, -0.2) is 50.1 Å². The second kappa shape index (κ2) is 6.59. The second-order valence-corrected chi connectivity index (χ2v) is 6.95. The Balaban J connectivity index is 1.72. The van der Waals surface area contributed by atoms with Gasteiger partial charge < -0.3 is 15.7 Å². The van der Waals surface area contributed by atoms with Crippen molar-refractivity contribution in [3.63, 3.8) is 0 Å². The van der Waals surface area contributed by atoms with Crippen molar-refractivity contribution >= 4 is 22.6 Å². The summed E-state index contributed by atoms with van der Waals surface area (Å²) in [6.07, 6.45) is 3.68. The van der Waals surface area contributed by atoms with Crippen molar-refractivity contribution in [1.29, 1.82) is 0 Å². The van der Waals surface area contributed by atoms with Gasteiger partial charge in [-0.1, -0.05) is 24.0 Å². The molecule has 0 unspecified atom stereocenters. The molecule has 0 bridgehead atoms. The number of likely N-dealkylation sites (tertiary alicyclic amines) is 1. The number of hydrogen-bond donors (Lipinski definition) is 2. The minimum absolute atomic E-state index is 0.297. The summed E-state index contributed by atoms with van der Waals surface area (Å²) < 4.78 is 0. The molecule has 0 aliphatic carbocycles. The van der Waals surface area contributed by atoms with Crippen molar-refractivity contribution in [2.75, 3.05) is 19.3 Å². The van der Waals surface area contributed by atoms with E-state index < -0.39 is 5.60 Å². The first-order valence-corrected chi connectivity index (χ1v) is 8.87. The summed E-state index contributed by atoms with van der Waals surface area (Å²) in [4.78, 5) is 26.7. The van der Waals surface area contributed by atoms with Crippen LogP contribution in [0.5, 0.6) is 0 Å². The first kappa shape index (κ1) is 17.9. The number of hydrogen-bond acceptors (Lipinski definition) is 6. The Morgan fingerprint density at radius 2 is 2.11 bits per heavy atom. The van der Waals surface area contributed by atoms with E-state index in [4.69, 9.17) is 5.73 Å². The molecule has 1 aliphatic heterocycles. The van der Waals surface area contributed by atoms with E-state index in [9.17, 15) is 9.90 Å². The van der Waals surface area contributed by atoms with E-state index in [-0.39, 0.29) is 5.91 Å². The summed E-state index contributed by atoms with van der Waals surface area (Å²) in [5.74, 6) is 6.11. The number of pyridine rings is 1. The highest BCUT2D eigenvalue weighted by Gasteiger charge is 2.42. The van der Waals surface area contributed by atoms with Crippen LogP contribution in [-0.2, 0) is 4.79 Å². The van der Waals surface area contributed by atoms with E-state index >= 15 is 0 Å². The Bertz CT molecular complexity index is 1160. The Hall–Kier alpha value is -3.50. The van der Waals surface area contributed by atoms with Gasteiger partial charge in [0, 0.05) is 42.7 Å². The van der Waals surface area contributed by atoms with E-state index in [1.807, 2.05) is 25.1 Å². The molecule has 1 aromatic carbocycles. The number of anilines is 1. The molecule has 2 aromatic heterocycles. The molecule has 3 N–H and O–H groups in total. The van der Waals surface area contributed by atoms with Gasteiger partial charge >= 0.3 is 0 Å². The van der Waals surface area contributed by atoms with Crippen LogP contribution in [0.3, 0.4) is 0 Å². The molecule has 4 rings (SSSR count). The molecule has 0 radical (unpaired) electrons. The monoisotopic (exact) mass is 373 g/mol. The Morgan fingerprint density at radius 1 is 1.29 bits per heavy atom. The molecule has 1 fully saturated rings. The van der Waals surface area contributed by atoms with Crippen LogP contribution in [0, 0.1) is 18.8 Å². The number of aryl methyl sites for hydroxylation is 1. The third-order valence-electron chi connectivity index (χ3n) is 4.87. The number of nitrogen functional groups attached to an aromatic ring is 1. The van der Waals surface area contributed by atoms with Crippen LogP contribution in [0.25, 0.3) is 22.3 Å². The molecule has 0 spiro atoms. The zero-order valence-corrected chi connectivity index (χ0v) is 15.6. The molecule has 140 valence electrons. The van der Waals surface area contributed by atoms with E-state index in [1.165, 1.54) is 4.90 Å². The number of nitrogens with two attached hydrogens (primary N) is 1. The Kier molecular flexibility index (Phi) is 4.21. The average molecular weight is 373 g/mol. The molecule has 3 aromatic rings. The smallest absolute Gasteiger partial charge is 0.267 e. The lowest BCUT2D eigenvalue weighted by atomic mass is 10.0. The first-order chi connectivity index (χ1) is 13.4. The van der Waals surface area contributed by atoms with Gasteiger partial charge in [-0.2, -0.15) is 0 Å². The molecular formula is C21H19N5O2. The Morgan fingerprint density at radius 3 is 2.86 bits per heavy atom. The Labute approximate surface area is 162 Å². The van der Waals surface area contributed by atoms with Crippen molar-refractivity contribution in [3.8, 4) is 23.2 Å². The fraction of sp³-hybridized carbons (Fsp3) is 0.238. The van der Waals surface area contributed by atoms with Gasteiger partial charge in [0.15, 0.2) is 5.82 Å². The number of carbonyl (C=O) groups is 1. The van der Waals surface area contributed by atoms with Crippen LogP contribution in [0.2, 0.25) is 0 Å². The van der Waals surface area contributed by atoms with Crippen LogP contribution in [0.15, 0.2) is 36.7 Å². The summed E-state index contributed by atoms with van der Waals surface area (Å²) in [7, 11) is 1.65. The van der Waals surface area contributed by atoms with Gasteiger partial charge in [0.1, 0.15) is 5.82 Å². The maximum absolute atomic E-state index is 12.1. The lowest BCUT2D eigenvalue weighted by Crippen LogP contribution is -2.37. The number of carbonyl (C=O) groups excluding carboxylic acids is 1. The summed E-state index contributed by atoms with van der Waals surface area (Å²) in [5.41, 5.74) is 7.49. The van der Waals surface area contributed by atoms with Crippen molar-refractivity contribution in [2.24, 2.45) is 0 Å². The molecule has 28 heavy (non-hydrogen) atoms. The zero-order valence-electron chi connectivity index (χ0n) is 15.6. The second-order valence-electron chi connectivity index (χ2n) is 6.95. The minimum Gasteiger partial charge on any atom is -0.383 e. The summed E-state index contributed by atoms with van der Waals surface area (Å²) in [5, 5.41) is 11.2. The maximum Gasteiger partial charge on any atom is 0.267 e. The molecular weight excluding hydrogens is 354 g/mol. The normalized spacial score (nSPS) is 19.0. The number of aromatic nitrogens is 3. The fourth-order valence-corrected chi connectivity index (χ4v) is 3.29. The number of likely N-dealkylation sites (N-methyl/N-ethyl adjacent to an activating group) is 1. The predicted octanol–water partition coefficient (Wildman–Crippen LogP) is 1.53. The number of fused-ring (bicyclic) bond motifs is 1. The summed E-state index contributed by atoms with van der Waals surface area (Å²) in [6.45, 7) is 2.40. The predicted molar refractivity (Wildman–Crippen MR) is 106 cm³/mol. The van der Waals surface area contributed by atoms with E-state index in [0.717, 1.165) is 16.5 Å². The van der Waals surface area contributed by atoms with Gasteiger partial charge in [-0.3, -0.25) is 9.78 Å². The van der Waals surface area contributed by atoms with E-state index in [0.29, 0.717) is 35.7 Å². The fourth-order valence-electron chi connectivity index (χ4n) is 3.29. The van der Waals surface area contributed by atoms with Crippen LogP contribution in [0.4, 0.5) is 5.82 Å². The van der Waals surface area contributed by atoms with Gasteiger partial charge in [-0.05, 0) is 24.6 Å². The van der Waals surface area contributed by atoms with Crippen molar-refractivity contribution in [3.05, 3.63) is 47.8 Å². The molecule has 7 heteroatoms. The quantitative estimate of drug-likeness (QED) is 0.627. The van der Waals surface area contributed by atoms with Gasteiger partial charge in [0.25, 0.3) is 5.91 Å². The third-order valence-corrected chi connectivity index (χ3v) is 4.87. The van der Waals surface area contributed by atoms with Crippen molar-refractivity contribution in [1.82, 2.24) is 19.9 Å². The van der Waals surface area contributed by atoms with Gasteiger partial charge in [0.2, 0.25) is 5.60 Å². The highest BCUT2D eigenvalue weighted by atomic mass is 16.3.